The number of hydrogen-bond donors (Lipinski definition) is 1. The Hall–Kier alpha value is -4.34. The maximum absolute atomic E-state index is 14.0. The van der Waals surface area contributed by atoms with E-state index in [4.69, 9.17) is 14.5 Å². The van der Waals surface area contributed by atoms with Crippen LogP contribution in [0.25, 0.3) is 0 Å². The number of nitrogens with zero attached hydrogens (tertiary/aromatic N) is 3. The van der Waals surface area contributed by atoms with E-state index in [1.807, 2.05) is 72.8 Å². The standard InChI is InChI=1S/C31H25N3O4S2/c1-3-33-26-19-25(37-2)17-18-27(26)39-30(33)28-29(36)34(21-11-13-22(35)14-12-21)31(40-28)32-20-9-15-24(16-10-20)38-23-7-5-4-6-8-23/h4-19,35H,3H2,1-2H3. The largest absolute Gasteiger partial charge is 0.508 e. The van der Waals surface area contributed by atoms with Crippen molar-refractivity contribution in [3.05, 3.63) is 107 Å². The third-order valence-electron chi connectivity index (χ3n) is 6.35. The van der Waals surface area contributed by atoms with Gasteiger partial charge in [-0.1, -0.05) is 30.0 Å². The van der Waals surface area contributed by atoms with Crippen molar-refractivity contribution in [2.24, 2.45) is 4.99 Å². The van der Waals surface area contributed by atoms with Crippen molar-refractivity contribution in [1.29, 1.82) is 0 Å². The van der Waals surface area contributed by atoms with Gasteiger partial charge in [0.2, 0.25) is 0 Å². The van der Waals surface area contributed by atoms with Crippen LogP contribution in [0.5, 0.6) is 23.0 Å². The number of thioether (sulfide) groups is 2. The number of fused-ring (bicyclic) bond motifs is 1. The van der Waals surface area contributed by atoms with Gasteiger partial charge in [-0.25, -0.2) is 4.99 Å². The van der Waals surface area contributed by atoms with Crippen molar-refractivity contribution in [1.82, 2.24) is 0 Å². The number of carbonyl (C=O) groups excluding carboxylic acids is 1. The van der Waals surface area contributed by atoms with Gasteiger partial charge >= 0.3 is 0 Å². The molecule has 0 aliphatic carbocycles. The molecule has 7 nitrogen and oxygen atoms in total. The molecule has 0 atom stereocenters. The topological polar surface area (TPSA) is 74.6 Å². The molecule has 2 aliphatic rings. The van der Waals surface area contributed by atoms with Crippen LogP contribution in [-0.2, 0) is 4.79 Å². The summed E-state index contributed by atoms with van der Waals surface area (Å²) in [5.41, 5.74) is 2.32. The number of aromatic hydroxyl groups is 1. The quantitative estimate of drug-likeness (QED) is 0.239. The lowest BCUT2D eigenvalue weighted by Gasteiger charge is -2.19. The van der Waals surface area contributed by atoms with Crippen LogP contribution in [0.1, 0.15) is 6.92 Å². The lowest BCUT2D eigenvalue weighted by molar-refractivity contribution is -0.113. The normalized spacial score (nSPS) is 17.4. The molecule has 0 radical (unpaired) electrons. The summed E-state index contributed by atoms with van der Waals surface area (Å²) in [6.07, 6.45) is 0. The van der Waals surface area contributed by atoms with Crippen LogP contribution in [0.3, 0.4) is 0 Å². The Bertz CT molecular complexity index is 1620. The smallest absolute Gasteiger partial charge is 0.274 e. The molecule has 2 aliphatic heterocycles. The molecule has 9 heteroatoms. The monoisotopic (exact) mass is 567 g/mol. The van der Waals surface area contributed by atoms with E-state index in [9.17, 15) is 9.90 Å². The lowest BCUT2D eigenvalue weighted by atomic mass is 10.2. The van der Waals surface area contributed by atoms with Gasteiger partial charge in [-0.05, 0) is 91.5 Å². The Balaban J connectivity index is 1.37. The molecule has 6 rings (SSSR count). The number of phenolic OH excluding ortho intramolecular Hbond substituents is 1. The van der Waals surface area contributed by atoms with Crippen LogP contribution in [0.15, 0.2) is 117 Å². The van der Waals surface area contributed by atoms with Gasteiger partial charge in [-0.2, -0.15) is 0 Å². The van der Waals surface area contributed by atoms with Gasteiger partial charge in [0.15, 0.2) is 5.17 Å². The van der Waals surface area contributed by atoms with E-state index in [0.29, 0.717) is 33.7 Å². The maximum atomic E-state index is 14.0. The highest BCUT2D eigenvalue weighted by Crippen LogP contribution is 2.52. The summed E-state index contributed by atoms with van der Waals surface area (Å²) in [5.74, 6) is 2.17. The number of para-hydroxylation sites is 1. The average molecular weight is 568 g/mol. The van der Waals surface area contributed by atoms with Crippen LogP contribution in [0.2, 0.25) is 0 Å². The number of rotatable bonds is 6. The minimum atomic E-state index is -0.167. The summed E-state index contributed by atoms with van der Waals surface area (Å²) in [6.45, 7) is 2.75. The fraction of sp³-hybridized carbons (Fsp3) is 0.0968. The van der Waals surface area contributed by atoms with Gasteiger partial charge in [0, 0.05) is 17.5 Å². The fourth-order valence-corrected chi connectivity index (χ4v) is 6.78. The molecule has 0 saturated carbocycles. The van der Waals surface area contributed by atoms with Crippen molar-refractivity contribution in [2.45, 2.75) is 11.8 Å². The molecule has 4 aromatic carbocycles. The first-order valence-electron chi connectivity index (χ1n) is 12.6. The second-order valence-corrected chi connectivity index (χ2v) is 10.9. The molecule has 1 saturated heterocycles. The van der Waals surface area contributed by atoms with Gasteiger partial charge in [0.05, 0.1) is 24.2 Å². The van der Waals surface area contributed by atoms with E-state index >= 15 is 0 Å². The third kappa shape index (κ3) is 5.01. The molecule has 1 amide bonds. The van der Waals surface area contributed by atoms with Gasteiger partial charge in [-0.15, -0.1) is 0 Å². The number of amidine groups is 1. The minimum Gasteiger partial charge on any atom is -0.508 e. The molecule has 1 fully saturated rings. The fourth-order valence-electron chi connectivity index (χ4n) is 4.40. The predicted octanol–water partition coefficient (Wildman–Crippen LogP) is 7.76. The van der Waals surface area contributed by atoms with Gasteiger partial charge in [0.1, 0.15) is 32.9 Å². The molecule has 0 spiro atoms. The Morgan fingerprint density at radius 3 is 2.25 bits per heavy atom. The molecular formula is C31H25N3O4S2. The van der Waals surface area contributed by atoms with E-state index in [1.165, 1.54) is 11.8 Å². The first kappa shape index (κ1) is 25.9. The summed E-state index contributed by atoms with van der Waals surface area (Å²) in [5, 5.41) is 11.2. The second-order valence-electron chi connectivity index (χ2n) is 8.88. The van der Waals surface area contributed by atoms with E-state index in [2.05, 4.69) is 11.8 Å². The number of hydrogen-bond acceptors (Lipinski definition) is 8. The predicted molar refractivity (Wildman–Crippen MR) is 162 cm³/mol. The summed E-state index contributed by atoms with van der Waals surface area (Å²) in [4.78, 5) is 24.3. The number of phenols is 1. The second kappa shape index (κ2) is 11.0. The van der Waals surface area contributed by atoms with Crippen LogP contribution in [-0.4, -0.2) is 29.8 Å². The van der Waals surface area contributed by atoms with Crippen LogP contribution >= 0.6 is 23.5 Å². The minimum absolute atomic E-state index is 0.127. The molecule has 1 N–H and O–H groups in total. The number of benzene rings is 4. The highest BCUT2D eigenvalue weighted by molar-refractivity contribution is 8.20. The maximum Gasteiger partial charge on any atom is 0.274 e. The first-order valence-corrected chi connectivity index (χ1v) is 14.3. The van der Waals surface area contributed by atoms with E-state index in [-0.39, 0.29) is 11.7 Å². The molecular weight excluding hydrogens is 542 g/mol. The zero-order valence-electron chi connectivity index (χ0n) is 21.8. The number of methoxy groups -OCH3 is 1. The number of carbonyl (C=O) groups is 1. The van der Waals surface area contributed by atoms with Crippen molar-refractivity contribution in [3.8, 4) is 23.0 Å². The zero-order chi connectivity index (χ0) is 27.6. The highest BCUT2D eigenvalue weighted by atomic mass is 32.2. The molecule has 200 valence electrons. The van der Waals surface area contributed by atoms with Crippen molar-refractivity contribution >= 4 is 51.7 Å². The molecule has 0 aromatic heterocycles. The van der Waals surface area contributed by atoms with Crippen molar-refractivity contribution in [3.63, 3.8) is 0 Å². The third-order valence-corrected chi connectivity index (χ3v) is 8.69. The average Bonchev–Trinajstić information content (AvgIpc) is 3.51. The number of ether oxygens (including phenoxy) is 2. The number of aliphatic imine (C=N–C) groups is 1. The SMILES string of the molecule is CCN1C(=C2SC(=Nc3ccc(Oc4ccccc4)cc3)N(c3ccc(O)cc3)C2=O)Sc2ccc(OC)cc21. The molecule has 2 heterocycles. The van der Waals surface area contributed by atoms with Crippen LogP contribution in [0, 0.1) is 0 Å². The van der Waals surface area contributed by atoms with E-state index in [1.54, 1.807) is 48.0 Å². The molecule has 0 unspecified atom stereocenters. The molecule has 4 aromatic rings. The number of amides is 1. The Kier molecular flexibility index (Phi) is 7.15. The molecule has 0 bridgehead atoms. The zero-order valence-corrected chi connectivity index (χ0v) is 23.4. The Morgan fingerprint density at radius 1 is 0.850 bits per heavy atom. The summed E-state index contributed by atoms with van der Waals surface area (Å²) >= 11 is 2.91. The van der Waals surface area contributed by atoms with Gasteiger partial charge in [0.25, 0.3) is 5.91 Å². The highest BCUT2D eigenvalue weighted by Gasteiger charge is 2.40. The molecule has 40 heavy (non-hydrogen) atoms. The van der Waals surface area contributed by atoms with Gasteiger partial charge < -0.3 is 19.5 Å². The summed E-state index contributed by atoms with van der Waals surface area (Å²) < 4.78 is 11.4. The van der Waals surface area contributed by atoms with E-state index in [0.717, 1.165) is 27.1 Å². The van der Waals surface area contributed by atoms with Crippen molar-refractivity contribution < 1.29 is 19.4 Å². The summed E-state index contributed by atoms with van der Waals surface area (Å²) in [7, 11) is 1.65. The van der Waals surface area contributed by atoms with Crippen molar-refractivity contribution in [2.75, 3.05) is 23.5 Å². The Labute approximate surface area is 240 Å². The first-order chi connectivity index (χ1) is 19.5. The lowest BCUT2D eigenvalue weighted by Crippen LogP contribution is -2.29. The van der Waals surface area contributed by atoms with E-state index < -0.39 is 0 Å². The Morgan fingerprint density at radius 2 is 1.55 bits per heavy atom. The summed E-state index contributed by atoms with van der Waals surface area (Å²) in [6, 6.07) is 29.5. The van der Waals surface area contributed by atoms with Crippen LogP contribution < -0.4 is 19.3 Å². The van der Waals surface area contributed by atoms with Gasteiger partial charge in [-0.3, -0.25) is 9.69 Å². The van der Waals surface area contributed by atoms with Crippen LogP contribution in [0.4, 0.5) is 17.1 Å². The number of anilines is 2.